The molecular formula is C19H16N6O4. The van der Waals surface area contributed by atoms with Gasteiger partial charge in [-0.1, -0.05) is 54.1 Å². The molecule has 0 radical (unpaired) electrons. The Kier molecular flexibility index (Phi) is 4.73. The van der Waals surface area contributed by atoms with E-state index in [2.05, 4.69) is 27.4 Å². The number of benzene rings is 2. The zero-order valence-electron chi connectivity index (χ0n) is 15.1. The summed E-state index contributed by atoms with van der Waals surface area (Å²) in [6.45, 7) is 4.05. The molecule has 2 aromatic carbocycles. The first-order chi connectivity index (χ1) is 14.0. The average Bonchev–Trinajstić information content (AvgIpc) is 3.20. The Morgan fingerprint density at radius 2 is 1.93 bits per heavy atom. The smallest absolute Gasteiger partial charge is 0.317 e. The van der Waals surface area contributed by atoms with E-state index in [0.29, 0.717) is 17.2 Å². The topological polar surface area (TPSA) is 125 Å². The predicted octanol–water partition coefficient (Wildman–Crippen LogP) is 2.47. The summed E-state index contributed by atoms with van der Waals surface area (Å²) in [4.78, 5) is 23.4. The number of hydrogen-bond acceptors (Lipinski definition) is 8. The molecule has 29 heavy (non-hydrogen) atoms. The summed E-state index contributed by atoms with van der Waals surface area (Å²) < 4.78 is 6.96. The van der Waals surface area contributed by atoms with Crippen molar-refractivity contribution >= 4 is 17.6 Å². The summed E-state index contributed by atoms with van der Waals surface area (Å²) in [6.07, 6.45) is 0. The number of nitrogens with one attached hydrogen (secondary N) is 1. The summed E-state index contributed by atoms with van der Waals surface area (Å²) in [5.41, 5.74) is 1.80. The normalized spacial score (nSPS) is 17.9. The van der Waals surface area contributed by atoms with Crippen molar-refractivity contribution < 1.29 is 14.5 Å². The molecule has 0 unspecified atom stereocenters. The number of ether oxygens (including phenoxy) is 1. The quantitative estimate of drug-likeness (QED) is 0.399. The van der Waals surface area contributed by atoms with Crippen molar-refractivity contribution in [1.82, 2.24) is 20.2 Å². The number of hydrogen-bond donors (Lipinski definition) is 1. The molecular weight excluding hydrogens is 376 g/mol. The summed E-state index contributed by atoms with van der Waals surface area (Å²) >= 11 is 0. The highest BCUT2D eigenvalue weighted by Gasteiger charge is 2.41. The molecule has 3 aromatic rings. The monoisotopic (exact) mass is 392 g/mol. The number of fused-ring (bicyclic) bond motifs is 1. The zero-order chi connectivity index (χ0) is 20.4. The Hall–Kier alpha value is -4.08. The Labute approximate surface area is 165 Å². The number of carbonyl (C=O) groups is 1. The molecule has 0 saturated carbocycles. The Morgan fingerprint density at radius 3 is 2.62 bits per heavy atom. The third-order valence-electron chi connectivity index (χ3n) is 4.64. The largest absolute Gasteiger partial charge is 0.460 e. The lowest BCUT2D eigenvalue weighted by molar-refractivity contribution is -0.384. The van der Waals surface area contributed by atoms with E-state index in [0.717, 1.165) is 5.56 Å². The fourth-order valence-electron chi connectivity index (χ4n) is 3.23. The number of nitrogens with zero attached hydrogens (tertiary/aromatic N) is 5. The lowest BCUT2D eigenvalue weighted by Gasteiger charge is -2.32. The van der Waals surface area contributed by atoms with Crippen LogP contribution in [0.15, 0.2) is 66.9 Å². The highest BCUT2D eigenvalue weighted by Crippen LogP contribution is 2.38. The summed E-state index contributed by atoms with van der Waals surface area (Å²) in [5, 5.41) is 25.4. The maximum Gasteiger partial charge on any atom is 0.317 e. The van der Waals surface area contributed by atoms with E-state index in [1.54, 1.807) is 12.1 Å². The van der Waals surface area contributed by atoms with Gasteiger partial charge in [-0.25, -0.2) is 4.68 Å². The van der Waals surface area contributed by atoms with Crippen LogP contribution in [0.3, 0.4) is 0 Å². The van der Waals surface area contributed by atoms with E-state index in [9.17, 15) is 14.9 Å². The van der Waals surface area contributed by atoms with Gasteiger partial charge in [0.1, 0.15) is 18.6 Å². The van der Waals surface area contributed by atoms with Crippen LogP contribution in [0, 0.1) is 16.0 Å². The first kappa shape index (κ1) is 18.3. The third kappa shape index (κ3) is 3.55. The molecule has 2 heterocycles. The molecule has 10 heteroatoms. The van der Waals surface area contributed by atoms with Crippen molar-refractivity contribution in [3.63, 3.8) is 0 Å². The number of nitro benzene ring substituents is 1. The Balaban J connectivity index is 1.65. The fraction of sp³-hybridized carbons (Fsp3) is 0.158. The van der Waals surface area contributed by atoms with Gasteiger partial charge < -0.3 is 10.1 Å². The molecule has 10 nitrogen and oxygen atoms in total. The SMILES string of the molecule is C=C1Nc2nnnn2[C@H](c2ccc([N+](=O)[O-])cc2)[C@H]1C(=O)OCc1ccccc1. The molecule has 0 spiro atoms. The van der Waals surface area contributed by atoms with E-state index < -0.39 is 22.9 Å². The van der Waals surface area contributed by atoms with Gasteiger partial charge >= 0.3 is 5.97 Å². The molecule has 0 saturated heterocycles. The second-order valence-electron chi connectivity index (χ2n) is 6.46. The molecule has 1 aromatic heterocycles. The molecule has 146 valence electrons. The molecule has 1 aliphatic rings. The molecule has 1 N–H and O–H groups in total. The number of nitro groups is 1. The maximum absolute atomic E-state index is 13.0. The van der Waals surface area contributed by atoms with E-state index in [1.165, 1.54) is 16.8 Å². The van der Waals surface area contributed by atoms with Gasteiger partial charge in [0.15, 0.2) is 0 Å². The van der Waals surface area contributed by atoms with Crippen molar-refractivity contribution in [2.45, 2.75) is 12.6 Å². The van der Waals surface area contributed by atoms with Gasteiger partial charge in [0, 0.05) is 17.8 Å². The number of anilines is 1. The summed E-state index contributed by atoms with van der Waals surface area (Å²) in [7, 11) is 0. The summed E-state index contributed by atoms with van der Waals surface area (Å²) in [5.74, 6) is -1.00. The minimum Gasteiger partial charge on any atom is -0.460 e. The van der Waals surface area contributed by atoms with Crippen LogP contribution in [0.1, 0.15) is 17.2 Å². The highest BCUT2D eigenvalue weighted by molar-refractivity contribution is 5.79. The van der Waals surface area contributed by atoms with Crippen LogP contribution in [-0.4, -0.2) is 31.1 Å². The standard InChI is InChI=1S/C19H16N6O4/c1-12-16(18(26)29-11-13-5-3-2-4-6-13)17(24-19(20-12)21-22-23-24)14-7-9-15(10-8-14)25(27)28/h2-10,16-17H,1,11H2,(H,20,21,23)/t16-,17+/m0/s1. The number of carbonyl (C=O) groups excluding carboxylic acids is 1. The highest BCUT2D eigenvalue weighted by atomic mass is 16.6. The Morgan fingerprint density at radius 1 is 1.21 bits per heavy atom. The predicted molar refractivity (Wildman–Crippen MR) is 102 cm³/mol. The van der Waals surface area contributed by atoms with Crippen LogP contribution in [0.4, 0.5) is 11.6 Å². The molecule has 1 aliphatic heterocycles. The maximum atomic E-state index is 13.0. The van der Waals surface area contributed by atoms with Crippen molar-refractivity contribution in [3.8, 4) is 0 Å². The van der Waals surface area contributed by atoms with Crippen LogP contribution >= 0.6 is 0 Å². The number of aromatic nitrogens is 4. The van der Waals surface area contributed by atoms with Crippen LogP contribution in [0.25, 0.3) is 0 Å². The van der Waals surface area contributed by atoms with Gasteiger partial charge in [-0.3, -0.25) is 14.9 Å². The van der Waals surface area contributed by atoms with E-state index >= 15 is 0 Å². The number of non-ortho nitro benzene ring substituents is 1. The molecule has 0 aliphatic carbocycles. The van der Waals surface area contributed by atoms with Crippen molar-refractivity contribution in [2.24, 2.45) is 5.92 Å². The second-order valence-corrected chi connectivity index (χ2v) is 6.46. The van der Waals surface area contributed by atoms with Crippen molar-refractivity contribution in [1.29, 1.82) is 0 Å². The van der Waals surface area contributed by atoms with Crippen LogP contribution < -0.4 is 5.32 Å². The lowest BCUT2D eigenvalue weighted by atomic mass is 9.89. The van der Waals surface area contributed by atoms with Crippen LogP contribution in [-0.2, 0) is 16.1 Å². The third-order valence-corrected chi connectivity index (χ3v) is 4.64. The fourth-order valence-corrected chi connectivity index (χ4v) is 3.23. The molecule has 0 bridgehead atoms. The average molecular weight is 392 g/mol. The minimum atomic E-state index is -0.823. The van der Waals surface area contributed by atoms with Gasteiger partial charge in [0.25, 0.3) is 5.69 Å². The molecule has 4 rings (SSSR count). The van der Waals surface area contributed by atoms with Gasteiger partial charge in [-0.2, -0.15) is 0 Å². The van der Waals surface area contributed by atoms with Gasteiger partial charge in [0.2, 0.25) is 5.95 Å². The van der Waals surface area contributed by atoms with Gasteiger partial charge in [-0.05, 0) is 21.6 Å². The number of esters is 1. The van der Waals surface area contributed by atoms with Crippen LogP contribution in [0.2, 0.25) is 0 Å². The first-order valence-corrected chi connectivity index (χ1v) is 8.73. The molecule has 0 fully saturated rings. The van der Waals surface area contributed by atoms with Gasteiger partial charge in [0.05, 0.1) is 4.92 Å². The van der Waals surface area contributed by atoms with E-state index in [1.807, 2.05) is 30.3 Å². The first-order valence-electron chi connectivity index (χ1n) is 8.73. The number of tetrazole rings is 1. The second kappa shape index (κ2) is 7.50. The van der Waals surface area contributed by atoms with Gasteiger partial charge in [-0.15, -0.1) is 0 Å². The van der Waals surface area contributed by atoms with Crippen molar-refractivity contribution in [3.05, 3.63) is 88.1 Å². The lowest BCUT2D eigenvalue weighted by Crippen LogP contribution is -2.37. The summed E-state index contributed by atoms with van der Waals surface area (Å²) in [6, 6.07) is 14.5. The number of rotatable bonds is 5. The van der Waals surface area contributed by atoms with Crippen molar-refractivity contribution in [2.75, 3.05) is 5.32 Å². The van der Waals surface area contributed by atoms with E-state index in [-0.39, 0.29) is 12.3 Å². The molecule has 0 amide bonds. The zero-order valence-corrected chi connectivity index (χ0v) is 15.1. The minimum absolute atomic E-state index is 0.0540. The molecule has 2 atom stereocenters. The Bertz CT molecular complexity index is 1060. The van der Waals surface area contributed by atoms with Crippen LogP contribution in [0.5, 0.6) is 0 Å². The van der Waals surface area contributed by atoms with E-state index in [4.69, 9.17) is 4.74 Å².